The summed E-state index contributed by atoms with van der Waals surface area (Å²) in [6.45, 7) is 7.88. The molecule has 0 saturated heterocycles. The van der Waals surface area contributed by atoms with Gasteiger partial charge in [0.2, 0.25) is 5.91 Å². The van der Waals surface area contributed by atoms with Crippen molar-refractivity contribution in [2.75, 3.05) is 5.32 Å². The molecule has 3 heteroatoms. The topological polar surface area (TPSA) is 55.1 Å². The maximum absolute atomic E-state index is 11.8. The fourth-order valence-electron chi connectivity index (χ4n) is 1.47. The molecule has 0 unspecified atom stereocenters. The molecule has 1 rings (SSSR count). The molecule has 3 nitrogen and oxygen atoms in total. The SMILES string of the molecule is Cc1ccc(NC(=O)[C@H](N)C(C)C)c(C)c1. The van der Waals surface area contributed by atoms with Gasteiger partial charge < -0.3 is 11.1 Å². The Balaban J connectivity index is 2.77. The number of carbonyl (C=O) groups is 1. The van der Waals surface area contributed by atoms with Crippen molar-refractivity contribution in [3.05, 3.63) is 29.3 Å². The van der Waals surface area contributed by atoms with Gasteiger partial charge in [0.1, 0.15) is 0 Å². The van der Waals surface area contributed by atoms with Crippen LogP contribution in [0.2, 0.25) is 0 Å². The lowest BCUT2D eigenvalue weighted by atomic mass is 10.0. The third-order valence-electron chi connectivity index (χ3n) is 2.66. The Morgan fingerprint density at radius 3 is 2.44 bits per heavy atom. The van der Waals surface area contributed by atoms with Crippen LogP contribution in [0, 0.1) is 19.8 Å². The van der Waals surface area contributed by atoms with Gasteiger partial charge in [-0.3, -0.25) is 4.79 Å². The van der Waals surface area contributed by atoms with Crippen molar-refractivity contribution in [2.45, 2.75) is 33.7 Å². The number of hydrogen-bond acceptors (Lipinski definition) is 2. The Morgan fingerprint density at radius 1 is 1.31 bits per heavy atom. The smallest absolute Gasteiger partial charge is 0.241 e. The number of amides is 1. The van der Waals surface area contributed by atoms with E-state index < -0.39 is 6.04 Å². The van der Waals surface area contributed by atoms with Gasteiger partial charge >= 0.3 is 0 Å². The van der Waals surface area contributed by atoms with Crippen LogP contribution in [0.5, 0.6) is 0 Å². The number of hydrogen-bond donors (Lipinski definition) is 2. The molecule has 0 radical (unpaired) electrons. The summed E-state index contributed by atoms with van der Waals surface area (Å²) in [5, 5.41) is 2.85. The highest BCUT2D eigenvalue weighted by Gasteiger charge is 2.17. The van der Waals surface area contributed by atoms with Gasteiger partial charge in [-0.15, -0.1) is 0 Å². The largest absolute Gasteiger partial charge is 0.324 e. The molecule has 0 bridgehead atoms. The molecule has 0 spiro atoms. The molecule has 3 N–H and O–H groups in total. The van der Waals surface area contributed by atoms with Crippen LogP contribution in [-0.4, -0.2) is 11.9 Å². The summed E-state index contributed by atoms with van der Waals surface area (Å²) in [5.74, 6) is 0.0210. The Hall–Kier alpha value is -1.35. The third-order valence-corrected chi connectivity index (χ3v) is 2.66. The second kappa shape index (κ2) is 5.12. The van der Waals surface area contributed by atoms with E-state index in [4.69, 9.17) is 5.73 Å². The summed E-state index contributed by atoms with van der Waals surface area (Å²) in [4.78, 5) is 11.8. The highest BCUT2D eigenvalue weighted by atomic mass is 16.2. The monoisotopic (exact) mass is 220 g/mol. The number of aryl methyl sites for hydroxylation is 2. The molecular formula is C13H20N2O. The van der Waals surface area contributed by atoms with Crippen LogP contribution in [0.4, 0.5) is 5.69 Å². The molecule has 1 atom stereocenters. The Bertz CT molecular complexity index is 386. The first-order valence-electron chi connectivity index (χ1n) is 5.55. The summed E-state index contributed by atoms with van der Waals surface area (Å²) < 4.78 is 0. The Morgan fingerprint density at radius 2 is 1.94 bits per heavy atom. The Kier molecular flexibility index (Phi) is 4.07. The van der Waals surface area contributed by atoms with Crippen LogP contribution < -0.4 is 11.1 Å². The van der Waals surface area contributed by atoms with Crippen LogP contribution in [-0.2, 0) is 4.79 Å². The first kappa shape index (κ1) is 12.7. The lowest BCUT2D eigenvalue weighted by molar-refractivity contribution is -0.118. The summed E-state index contributed by atoms with van der Waals surface area (Å²) in [7, 11) is 0. The zero-order valence-electron chi connectivity index (χ0n) is 10.4. The van der Waals surface area contributed by atoms with Crippen molar-refractivity contribution < 1.29 is 4.79 Å². The predicted octanol–water partition coefficient (Wildman–Crippen LogP) is 2.23. The van der Waals surface area contributed by atoms with E-state index in [9.17, 15) is 4.79 Å². The third kappa shape index (κ3) is 3.07. The second-order valence-corrected chi connectivity index (χ2v) is 4.58. The number of nitrogens with two attached hydrogens (primary N) is 1. The van der Waals surface area contributed by atoms with Crippen molar-refractivity contribution in [1.29, 1.82) is 0 Å². The first-order chi connectivity index (χ1) is 7.41. The van der Waals surface area contributed by atoms with Gasteiger partial charge in [-0.2, -0.15) is 0 Å². The van der Waals surface area contributed by atoms with E-state index in [1.165, 1.54) is 5.56 Å². The van der Waals surface area contributed by atoms with Crippen molar-refractivity contribution >= 4 is 11.6 Å². The molecule has 88 valence electrons. The number of benzene rings is 1. The minimum atomic E-state index is -0.458. The molecule has 1 amide bonds. The predicted molar refractivity (Wildman–Crippen MR) is 67.4 cm³/mol. The fraction of sp³-hybridized carbons (Fsp3) is 0.462. The molecule has 1 aromatic carbocycles. The van der Waals surface area contributed by atoms with Gasteiger partial charge in [-0.1, -0.05) is 31.5 Å². The van der Waals surface area contributed by atoms with Crippen molar-refractivity contribution in [3.63, 3.8) is 0 Å². The minimum Gasteiger partial charge on any atom is -0.324 e. The second-order valence-electron chi connectivity index (χ2n) is 4.58. The van der Waals surface area contributed by atoms with Gasteiger partial charge in [0.15, 0.2) is 0 Å². The molecule has 0 aliphatic heterocycles. The summed E-state index contributed by atoms with van der Waals surface area (Å²) in [6.07, 6.45) is 0. The molecule has 0 aromatic heterocycles. The Labute approximate surface area is 97.0 Å². The van der Waals surface area contributed by atoms with Crippen molar-refractivity contribution in [1.82, 2.24) is 0 Å². The first-order valence-corrected chi connectivity index (χ1v) is 5.55. The number of anilines is 1. The molecule has 0 fully saturated rings. The van der Waals surface area contributed by atoms with E-state index in [1.54, 1.807) is 0 Å². The van der Waals surface area contributed by atoms with Crippen LogP contribution in [0.1, 0.15) is 25.0 Å². The van der Waals surface area contributed by atoms with E-state index in [0.29, 0.717) is 0 Å². The number of nitrogens with one attached hydrogen (secondary N) is 1. The molecule has 1 aromatic rings. The maximum Gasteiger partial charge on any atom is 0.241 e. The quantitative estimate of drug-likeness (QED) is 0.820. The molecule has 0 aliphatic rings. The average Bonchev–Trinajstić information content (AvgIpc) is 2.20. The number of carbonyl (C=O) groups excluding carboxylic acids is 1. The van der Waals surface area contributed by atoms with Crippen LogP contribution >= 0.6 is 0 Å². The lowest BCUT2D eigenvalue weighted by Crippen LogP contribution is -2.39. The van der Waals surface area contributed by atoms with E-state index in [0.717, 1.165) is 11.3 Å². The average molecular weight is 220 g/mol. The van der Waals surface area contributed by atoms with Gasteiger partial charge in [0.05, 0.1) is 6.04 Å². The van der Waals surface area contributed by atoms with E-state index >= 15 is 0 Å². The summed E-state index contributed by atoms with van der Waals surface area (Å²) in [5.41, 5.74) is 8.86. The standard InChI is InChI=1S/C13H20N2O/c1-8(2)12(14)13(16)15-11-6-5-9(3)7-10(11)4/h5-8,12H,14H2,1-4H3,(H,15,16)/t12-/m1/s1. The fourth-order valence-corrected chi connectivity index (χ4v) is 1.47. The van der Waals surface area contributed by atoms with E-state index in [2.05, 4.69) is 5.32 Å². The zero-order valence-corrected chi connectivity index (χ0v) is 10.4. The zero-order chi connectivity index (χ0) is 12.3. The summed E-state index contributed by atoms with van der Waals surface area (Å²) in [6, 6.07) is 5.47. The van der Waals surface area contributed by atoms with Crippen LogP contribution in [0.15, 0.2) is 18.2 Å². The number of rotatable bonds is 3. The minimum absolute atomic E-state index is 0.123. The van der Waals surface area contributed by atoms with Gasteiger partial charge in [0.25, 0.3) is 0 Å². The van der Waals surface area contributed by atoms with Gasteiger partial charge in [-0.05, 0) is 31.4 Å². The molecule has 0 saturated carbocycles. The highest BCUT2D eigenvalue weighted by Crippen LogP contribution is 2.16. The van der Waals surface area contributed by atoms with E-state index in [1.807, 2.05) is 45.9 Å². The molecule has 0 heterocycles. The lowest BCUT2D eigenvalue weighted by Gasteiger charge is -2.16. The van der Waals surface area contributed by atoms with Crippen LogP contribution in [0.25, 0.3) is 0 Å². The van der Waals surface area contributed by atoms with Crippen molar-refractivity contribution in [3.8, 4) is 0 Å². The molecular weight excluding hydrogens is 200 g/mol. The molecule has 16 heavy (non-hydrogen) atoms. The highest BCUT2D eigenvalue weighted by molar-refractivity contribution is 5.95. The maximum atomic E-state index is 11.8. The van der Waals surface area contributed by atoms with Gasteiger partial charge in [-0.25, -0.2) is 0 Å². The van der Waals surface area contributed by atoms with Crippen LogP contribution in [0.3, 0.4) is 0 Å². The normalized spacial score (nSPS) is 12.6. The van der Waals surface area contributed by atoms with Crippen molar-refractivity contribution in [2.24, 2.45) is 11.7 Å². The van der Waals surface area contributed by atoms with Gasteiger partial charge in [0, 0.05) is 5.69 Å². The van der Waals surface area contributed by atoms with E-state index in [-0.39, 0.29) is 11.8 Å². The summed E-state index contributed by atoms with van der Waals surface area (Å²) >= 11 is 0. The molecule has 0 aliphatic carbocycles.